The predicted octanol–water partition coefficient (Wildman–Crippen LogP) is 2.54. The van der Waals surface area contributed by atoms with Crippen molar-refractivity contribution in [1.82, 2.24) is 19.4 Å². The first-order chi connectivity index (χ1) is 13.6. The summed E-state index contributed by atoms with van der Waals surface area (Å²) < 4.78 is 7.92. The van der Waals surface area contributed by atoms with Gasteiger partial charge in [0, 0.05) is 43.2 Å². The van der Waals surface area contributed by atoms with Crippen molar-refractivity contribution < 1.29 is 4.42 Å². The first-order valence-electron chi connectivity index (χ1n) is 10.7. The van der Waals surface area contributed by atoms with Crippen molar-refractivity contribution in [3.05, 3.63) is 51.6 Å². The Morgan fingerprint density at radius 1 is 1.18 bits per heavy atom. The topological polar surface area (TPSA) is 54.5 Å². The summed E-state index contributed by atoms with van der Waals surface area (Å²) in [7, 11) is 0. The van der Waals surface area contributed by atoms with Gasteiger partial charge in [0.15, 0.2) is 0 Å². The maximum absolute atomic E-state index is 12.9. The Bertz CT molecular complexity index is 907. The number of likely N-dealkylation sites (tertiary alicyclic amines) is 1. The van der Waals surface area contributed by atoms with Gasteiger partial charge in [0.05, 0.1) is 18.4 Å². The van der Waals surface area contributed by atoms with Gasteiger partial charge in [0.2, 0.25) is 0 Å². The molecule has 2 aromatic heterocycles. The fourth-order valence-electron chi connectivity index (χ4n) is 5.37. The maximum atomic E-state index is 12.9. The smallest absolute Gasteiger partial charge is 0.277 e. The molecule has 5 rings (SSSR count). The Balaban J connectivity index is 1.39. The van der Waals surface area contributed by atoms with Crippen LogP contribution in [0.4, 0.5) is 0 Å². The Morgan fingerprint density at radius 3 is 2.68 bits per heavy atom. The van der Waals surface area contributed by atoms with Crippen molar-refractivity contribution in [3.63, 3.8) is 0 Å². The SMILES string of the molecule is CC(C)N1CCc2c(c(=O)nc3n2CCC32CCN(Cc3ccco3)CC2)C1. The second kappa shape index (κ2) is 6.85. The summed E-state index contributed by atoms with van der Waals surface area (Å²) >= 11 is 0. The fourth-order valence-corrected chi connectivity index (χ4v) is 5.37. The quantitative estimate of drug-likeness (QED) is 0.817. The van der Waals surface area contributed by atoms with Crippen molar-refractivity contribution in [3.8, 4) is 0 Å². The molecule has 6 nitrogen and oxygen atoms in total. The molecule has 0 saturated carbocycles. The van der Waals surface area contributed by atoms with Crippen LogP contribution in [0.3, 0.4) is 0 Å². The molecular formula is C22H30N4O2. The highest BCUT2D eigenvalue weighted by molar-refractivity contribution is 5.28. The summed E-state index contributed by atoms with van der Waals surface area (Å²) in [4.78, 5) is 22.4. The Labute approximate surface area is 166 Å². The van der Waals surface area contributed by atoms with Crippen LogP contribution in [0.25, 0.3) is 0 Å². The van der Waals surface area contributed by atoms with Gasteiger partial charge in [0.1, 0.15) is 11.6 Å². The molecule has 0 atom stereocenters. The molecule has 0 amide bonds. The molecule has 2 aromatic rings. The molecule has 0 N–H and O–H groups in total. The monoisotopic (exact) mass is 382 g/mol. The zero-order valence-electron chi connectivity index (χ0n) is 17.0. The lowest BCUT2D eigenvalue weighted by molar-refractivity contribution is 0.141. The van der Waals surface area contributed by atoms with E-state index in [9.17, 15) is 4.79 Å². The third kappa shape index (κ3) is 2.94. The number of rotatable bonds is 3. The normalized spacial score (nSPS) is 22.0. The van der Waals surface area contributed by atoms with E-state index in [1.54, 1.807) is 6.26 Å². The number of hydrogen-bond acceptors (Lipinski definition) is 5. The Morgan fingerprint density at radius 2 is 1.96 bits per heavy atom. The van der Waals surface area contributed by atoms with E-state index >= 15 is 0 Å². The Hall–Kier alpha value is -1.92. The first kappa shape index (κ1) is 18.1. The van der Waals surface area contributed by atoms with E-state index < -0.39 is 0 Å². The summed E-state index contributed by atoms with van der Waals surface area (Å²) in [6.07, 6.45) is 6.00. The van der Waals surface area contributed by atoms with Gasteiger partial charge >= 0.3 is 0 Å². The van der Waals surface area contributed by atoms with Crippen molar-refractivity contribution in [2.45, 2.75) is 70.6 Å². The largest absolute Gasteiger partial charge is 0.468 e. The minimum atomic E-state index is 0.0193. The highest BCUT2D eigenvalue weighted by atomic mass is 16.3. The molecule has 28 heavy (non-hydrogen) atoms. The minimum Gasteiger partial charge on any atom is -0.468 e. The number of piperidine rings is 1. The zero-order valence-corrected chi connectivity index (χ0v) is 17.0. The van der Waals surface area contributed by atoms with Gasteiger partial charge in [0.25, 0.3) is 5.56 Å². The zero-order chi connectivity index (χ0) is 19.3. The van der Waals surface area contributed by atoms with E-state index in [1.165, 1.54) is 5.69 Å². The molecule has 0 bridgehead atoms. The van der Waals surface area contributed by atoms with Crippen LogP contribution in [0.1, 0.15) is 56.0 Å². The molecule has 3 aliphatic heterocycles. The third-order valence-corrected chi connectivity index (χ3v) is 7.18. The number of aromatic nitrogens is 2. The van der Waals surface area contributed by atoms with Gasteiger partial charge in [-0.3, -0.25) is 14.6 Å². The van der Waals surface area contributed by atoms with Gasteiger partial charge in [-0.1, -0.05) is 0 Å². The van der Waals surface area contributed by atoms with Gasteiger partial charge in [-0.2, -0.15) is 4.98 Å². The summed E-state index contributed by atoms with van der Waals surface area (Å²) in [5, 5.41) is 0. The van der Waals surface area contributed by atoms with E-state index in [-0.39, 0.29) is 11.0 Å². The van der Waals surface area contributed by atoms with Gasteiger partial charge in [-0.15, -0.1) is 0 Å². The van der Waals surface area contributed by atoms with Crippen molar-refractivity contribution in [1.29, 1.82) is 0 Å². The molecule has 1 fully saturated rings. The molecule has 3 aliphatic rings. The van der Waals surface area contributed by atoms with E-state index in [0.29, 0.717) is 6.04 Å². The van der Waals surface area contributed by atoms with Crippen LogP contribution >= 0.6 is 0 Å². The molecule has 1 spiro atoms. The van der Waals surface area contributed by atoms with Crippen LogP contribution in [0.2, 0.25) is 0 Å². The van der Waals surface area contributed by atoms with E-state index in [1.807, 2.05) is 12.1 Å². The van der Waals surface area contributed by atoms with Crippen molar-refractivity contribution in [2.24, 2.45) is 0 Å². The minimum absolute atomic E-state index is 0.0193. The van der Waals surface area contributed by atoms with E-state index in [4.69, 9.17) is 4.42 Å². The molecule has 150 valence electrons. The highest BCUT2D eigenvalue weighted by Gasteiger charge is 2.44. The van der Waals surface area contributed by atoms with Crippen molar-refractivity contribution >= 4 is 0 Å². The van der Waals surface area contributed by atoms with Gasteiger partial charge < -0.3 is 8.98 Å². The average molecular weight is 383 g/mol. The van der Waals surface area contributed by atoms with Crippen LogP contribution < -0.4 is 5.56 Å². The average Bonchev–Trinajstić information content (AvgIpc) is 3.32. The third-order valence-electron chi connectivity index (χ3n) is 7.18. The predicted molar refractivity (Wildman–Crippen MR) is 107 cm³/mol. The van der Waals surface area contributed by atoms with Crippen LogP contribution in [0.5, 0.6) is 0 Å². The molecule has 6 heteroatoms. The van der Waals surface area contributed by atoms with Crippen LogP contribution in [-0.4, -0.2) is 45.0 Å². The van der Waals surface area contributed by atoms with Crippen LogP contribution in [-0.2, 0) is 31.5 Å². The van der Waals surface area contributed by atoms with Crippen LogP contribution in [0, 0.1) is 0 Å². The Kier molecular flexibility index (Phi) is 4.43. The lowest BCUT2D eigenvalue weighted by Crippen LogP contribution is -2.44. The molecular weight excluding hydrogens is 352 g/mol. The molecule has 0 aromatic carbocycles. The summed E-state index contributed by atoms with van der Waals surface area (Å²) in [6, 6.07) is 4.47. The van der Waals surface area contributed by atoms with E-state index in [0.717, 1.165) is 82.1 Å². The molecule has 1 saturated heterocycles. The summed E-state index contributed by atoms with van der Waals surface area (Å²) in [5.41, 5.74) is 2.31. The van der Waals surface area contributed by atoms with Crippen LogP contribution in [0.15, 0.2) is 27.6 Å². The van der Waals surface area contributed by atoms with Gasteiger partial charge in [-0.05, 0) is 58.3 Å². The first-order valence-corrected chi connectivity index (χ1v) is 10.7. The highest BCUT2D eigenvalue weighted by Crippen LogP contribution is 2.43. The maximum Gasteiger partial charge on any atom is 0.277 e. The molecule has 0 aliphatic carbocycles. The number of hydrogen-bond donors (Lipinski definition) is 0. The lowest BCUT2D eigenvalue weighted by atomic mass is 9.76. The molecule has 0 radical (unpaired) electrons. The van der Waals surface area contributed by atoms with E-state index in [2.05, 4.69) is 33.2 Å². The molecule has 5 heterocycles. The number of fused-ring (bicyclic) bond motifs is 4. The second-order valence-corrected chi connectivity index (χ2v) is 9.02. The standard InChI is InChI=1S/C22H30N4O2/c1-16(2)25-9-5-19-18(15-25)20(27)23-21-22(8-12-26(19)21)6-10-24(11-7-22)14-17-4-3-13-28-17/h3-4,13,16H,5-12,14-15H2,1-2H3. The second-order valence-electron chi connectivity index (χ2n) is 9.02. The van der Waals surface area contributed by atoms with Gasteiger partial charge in [-0.25, -0.2) is 0 Å². The summed E-state index contributed by atoms with van der Waals surface area (Å²) in [5.74, 6) is 2.10. The van der Waals surface area contributed by atoms with Crippen molar-refractivity contribution in [2.75, 3.05) is 19.6 Å². The fraction of sp³-hybridized carbons (Fsp3) is 0.636. The summed E-state index contributed by atoms with van der Waals surface area (Å²) in [6.45, 7) is 10.2. The molecule has 0 unspecified atom stereocenters. The number of nitrogens with zero attached hydrogens (tertiary/aromatic N) is 4. The number of furan rings is 1. The lowest BCUT2D eigenvalue weighted by Gasteiger charge is -2.39.